The lowest BCUT2D eigenvalue weighted by Gasteiger charge is -2.20. The molecule has 1 aliphatic heterocycles. The molecule has 2 aliphatic rings. The Morgan fingerprint density at radius 3 is 3.06 bits per heavy atom. The van der Waals surface area contributed by atoms with E-state index in [1.807, 2.05) is 12.1 Å². The normalized spacial score (nSPS) is 25.6. The predicted octanol–water partition coefficient (Wildman–Crippen LogP) is 2.25. The molecule has 1 atom stereocenters. The lowest BCUT2D eigenvalue weighted by atomic mass is 10.1. The minimum Gasteiger partial charge on any atom is -0.433 e. The van der Waals surface area contributed by atoms with Gasteiger partial charge in [-0.05, 0) is 30.9 Å². The van der Waals surface area contributed by atoms with Crippen LogP contribution in [0.4, 0.5) is 4.79 Å². The number of aromatic nitrogens is 1. The average molecular weight is 244 g/mol. The summed E-state index contributed by atoms with van der Waals surface area (Å²) in [6.45, 7) is 0. The quantitative estimate of drug-likeness (QED) is 0.712. The van der Waals surface area contributed by atoms with Crippen molar-refractivity contribution in [3.63, 3.8) is 0 Å². The second kappa shape index (κ2) is 3.74. The van der Waals surface area contributed by atoms with Crippen LogP contribution in [-0.4, -0.2) is 34.0 Å². The fourth-order valence-electron chi connectivity index (χ4n) is 2.59. The summed E-state index contributed by atoms with van der Waals surface area (Å²) >= 11 is 0. The number of allylic oxidation sites excluding steroid dienone is 1. The van der Waals surface area contributed by atoms with Crippen molar-refractivity contribution in [2.45, 2.75) is 19.3 Å². The molecule has 1 aliphatic carbocycles. The Bertz CT molecular complexity index is 592. The van der Waals surface area contributed by atoms with Crippen LogP contribution < -0.4 is 0 Å². The highest BCUT2D eigenvalue weighted by molar-refractivity contribution is 5.93. The lowest BCUT2D eigenvalue weighted by Crippen LogP contribution is -2.40. The van der Waals surface area contributed by atoms with Gasteiger partial charge in [-0.3, -0.25) is 4.98 Å². The first kappa shape index (κ1) is 11.1. The third kappa shape index (κ3) is 1.41. The molecule has 1 unspecified atom stereocenters. The number of nitrogens with zero attached hydrogens (tertiary/aromatic N) is 3. The van der Waals surface area contributed by atoms with E-state index in [9.17, 15) is 9.90 Å². The van der Waals surface area contributed by atoms with Crippen LogP contribution in [0.5, 0.6) is 0 Å². The van der Waals surface area contributed by atoms with Gasteiger partial charge in [-0.25, -0.2) is 0 Å². The van der Waals surface area contributed by atoms with E-state index >= 15 is 0 Å². The number of rotatable bonds is 0. The minimum absolute atomic E-state index is 0.445. The summed E-state index contributed by atoms with van der Waals surface area (Å²) < 4.78 is -0.445. The van der Waals surface area contributed by atoms with Gasteiger partial charge in [-0.2, -0.15) is 4.79 Å². The molecular formula is C13H14N3O2+. The van der Waals surface area contributed by atoms with E-state index in [1.165, 1.54) is 0 Å². The van der Waals surface area contributed by atoms with Crippen molar-refractivity contribution in [2.24, 2.45) is 5.10 Å². The lowest BCUT2D eigenvalue weighted by molar-refractivity contribution is -0.767. The van der Waals surface area contributed by atoms with Crippen LogP contribution in [0.2, 0.25) is 0 Å². The maximum absolute atomic E-state index is 11.5. The standard InChI is InChI=1S/C13H13N3O2/c1-16(13(17)18)12-10(8-15-16)5-2-4-9-6-3-7-14-11(9)12/h3,6-8H,2,4-5H2,1H3/p+1. The number of carbonyl (C=O) groups is 1. The summed E-state index contributed by atoms with van der Waals surface area (Å²) in [6.07, 6.45) is 5.21. The van der Waals surface area contributed by atoms with Crippen molar-refractivity contribution >= 4 is 18.0 Å². The first-order chi connectivity index (χ1) is 8.63. The van der Waals surface area contributed by atoms with Crippen molar-refractivity contribution in [3.8, 4) is 0 Å². The van der Waals surface area contributed by atoms with E-state index in [0.29, 0.717) is 0 Å². The highest BCUT2D eigenvalue weighted by atomic mass is 16.4. The first-order valence-corrected chi connectivity index (χ1v) is 5.96. The highest BCUT2D eigenvalue weighted by Crippen LogP contribution is 2.38. The number of hydrogen-bond donors (Lipinski definition) is 1. The molecule has 0 fully saturated rings. The monoisotopic (exact) mass is 244 g/mol. The van der Waals surface area contributed by atoms with Crippen LogP contribution in [0.15, 0.2) is 29.0 Å². The van der Waals surface area contributed by atoms with Gasteiger partial charge in [0.05, 0.1) is 6.21 Å². The van der Waals surface area contributed by atoms with Gasteiger partial charge >= 0.3 is 6.09 Å². The molecule has 0 saturated heterocycles. The minimum atomic E-state index is -0.977. The van der Waals surface area contributed by atoms with Gasteiger partial charge in [0, 0.05) is 11.8 Å². The molecule has 0 aromatic carbocycles. The van der Waals surface area contributed by atoms with Crippen molar-refractivity contribution in [2.75, 3.05) is 7.05 Å². The molecule has 0 radical (unpaired) electrons. The summed E-state index contributed by atoms with van der Waals surface area (Å²) in [5, 5.41) is 13.6. The highest BCUT2D eigenvalue weighted by Gasteiger charge is 2.46. The third-order valence-electron chi connectivity index (χ3n) is 3.56. The van der Waals surface area contributed by atoms with Gasteiger partial charge in [0.2, 0.25) is 5.70 Å². The molecule has 1 N–H and O–H groups in total. The smallest absolute Gasteiger partial charge is 0.433 e. The Hall–Kier alpha value is -2.01. The zero-order valence-corrected chi connectivity index (χ0v) is 10.1. The van der Waals surface area contributed by atoms with E-state index in [2.05, 4.69) is 10.1 Å². The van der Waals surface area contributed by atoms with E-state index < -0.39 is 10.7 Å². The third-order valence-corrected chi connectivity index (χ3v) is 3.56. The summed E-state index contributed by atoms with van der Waals surface area (Å²) in [4.78, 5) is 15.9. The number of aryl methyl sites for hydroxylation is 1. The van der Waals surface area contributed by atoms with Gasteiger partial charge in [-0.15, -0.1) is 0 Å². The van der Waals surface area contributed by atoms with Crippen molar-refractivity contribution in [1.82, 2.24) is 4.98 Å². The molecule has 0 bridgehead atoms. The van der Waals surface area contributed by atoms with Gasteiger partial charge in [0.15, 0.2) is 0 Å². The van der Waals surface area contributed by atoms with Gasteiger partial charge in [0.25, 0.3) is 0 Å². The zero-order chi connectivity index (χ0) is 12.8. The second-order valence-electron chi connectivity index (χ2n) is 4.72. The fourth-order valence-corrected chi connectivity index (χ4v) is 2.59. The molecule has 1 aromatic rings. The van der Waals surface area contributed by atoms with E-state index in [1.54, 1.807) is 19.5 Å². The van der Waals surface area contributed by atoms with Crippen LogP contribution in [-0.2, 0) is 6.42 Å². The fraction of sp³-hybridized carbons (Fsp3) is 0.308. The molecule has 18 heavy (non-hydrogen) atoms. The van der Waals surface area contributed by atoms with Crippen molar-refractivity contribution in [1.29, 1.82) is 0 Å². The Morgan fingerprint density at radius 2 is 2.28 bits per heavy atom. The van der Waals surface area contributed by atoms with Crippen LogP contribution >= 0.6 is 0 Å². The maximum Gasteiger partial charge on any atom is 0.546 e. The Balaban J connectivity index is 2.24. The van der Waals surface area contributed by atoms with Gasteiger partial charge in [0.1, 0.15) is 12.7 Å². The SMILES string of the molecule is C[N+]1(C(=O)O)N=CC2=C1c1ncccc1CCC2. The molecule has 0 saturated carbocycles. The summed E-state index contributed by atoms with van der Waals surface area (Å²) in [6, 6.07) is 3.91. The Labute approximate surface area is 105 Å². The largest absolute Gasteiger partial charge is 0.546 e. The first-order valence-electron chi connectivity index (χ1n) is 5.96. The predicted molar refractivity (Wildman–Crippen MR) is 66.8 cm³/mol. The van der Waals surface area contributed by atoms with Crippen molar-refractivity contribution in [3.05, 3.63) is 35.2 Å². The Morgan fingerprint density at radius 1 is 1.44 bits per heavy atom. The van der Waals surface area contributed by atoms with E-state index in [0.717, 1.165) is 41.8 Å². The van der Waals surface area contributed by atoms with Crippen LogP contribution in [0.3, 0.4) is 0 Å². The second-order valence-corrected chi connectivity index (χ2v) is 4.72. The maximum atomic E-state index is 11.5. The average Bonchev–Trinajstić information content (AvgIpc) is 2.58. The molecule has 92 valence electrons. The molecule has 2 heterocycles. The van der Waals surface area contributed by atoms with E-state index in [4.69, 9.17) is 0 Å². The number of hydrogen-bond acceptors (Lipinski definition) is 3. The zero-order valence-electron chi connectivity index (χ0n) is 10.1. The molecule has 1 amide bonds. The van der Waals surface area contributed by atoms with Crippen molar-refractivity contribution < 1.29 is 14.5 Å². The molecule has 3 rings (SSSR count). The number of pyridine rings is 1. The topological polar surface area (TPSA) is 62.5 Å². The van der Waals surface area contributed by atoms with Crippen LogP contribution in [0, 0.1) is 0 Å². The van der Waals surface area contributed by atoms with Crippen LogP contribution in [0.25, 0.3) is 5.70 Å². The van der Waals surface area contributed by atoms with Gasteiger partial charge in [-0.1, -0.05) is 15.8 Å². The summed E-state index contributed by atoms with van der Waals surface area (Å²) in [5.41, 5.74) is 3.61. The number of fused-ring (bicyclic) bond motifs is 2. The van der Waals surface area contributed by atoms with E-state index in [-0.39, 0.29) is 0 Å². The summed E-state index contributed by atoms with van der Waals surface area (Å²) in [5.74, 6) is 0. The van der Waals surface area contributed by atoms with Gasteiger partial charge < -0.3 is 5.11 Å². The molecule has 5 nitrogen and oxygen atoms in total. The number of amides is 1. The molecule has 0 spiro atoms. The molecular weight excluding hydrogens is 230 g/mol. The summed E-state index contributed by atoms with van der Waals surface area (Å²) in [7, 11) is 1.59. The molecule has 1 aromatic heterocycles. The number of carboxylic acid groups (broad SMARTS) is 1. The van der Waals surface area contributed by atoms with Crippen LogP contribution in [0.1, 0.15) is 24.1 Å². The number of quaternary nitrogens is 1. The molecule has 5 heteroatoms. The Kier molecular flexibility index (Phi) is 2.31.